The van der Waals surface area contributed by atoms with E-state index >= 15 is 0 Å². The molecule has 1 heterocycles. The van der Waals surface area contributed by atoms with Crippen LogP contribution in [-0.2, 0) is 16.2 Å². The zero-order chi connectivity index (χ0) is 21.0. The molecule has 1 aliphatic rings. The topological polar surface area (TPSA) is 76.7 Å². The average Bonchev–Trinajstić information content (AvgIpc) is 2.64. The van der Waals surface area contributed by atoms with Gasteiger partial charge in [0.1, 0.15) is 12.2 Å². The third-order valence-electron chi connectivity index (χ3n) is 4.05. The van der Waals surface area contributed by atoms with E-state index in [0.717, 1.165) is 11.1 Å². The second-order valence-corrected chi connectivity index (χ2v) is 7.60. The van der Waals surface area contributed by atoms with Crippen molar-refractivity contribution in [1.29, 1.82) is 0 Å². The number of rotatable bonds is 6. The van der Waals surface area contributed by atoms with E-state index < -0.39 is 11.8 Å². The first-order valence-electron chi connectivity index (χ1n) is 8.90. The van der Waals surface area contributed by atoms with Crippen LogP contribution in [0.1, 0.15) is 23.6 Å². The lowest BCUT2D eigenvalue weighted by atomic mass is 10.1. The summed E-state index contributed by atoms with van der Waals surface area (Å²) in [4.78, 5) is 24.1. The summed E-state index contributed by atoms with van der Waals surface area (Å²) in [5, 5.41) is 4.82. The van der Waals surface area contributed by atoms with E-state index in [0.29, 0.717) is 34.7 Å². The summed E-state index contributed by atoms with van der Waals surface area (Å²) in [6, 6.07) is 11.5. The van der Waals surface area contributed by atoms with Crippen LogP contribution in [0.3, 0.4) is 0 Å². The second-order valence-electron chi connectivity index (χ2n) is 6.34. The maximum absolute atomic E-state index is 12.1. The molecule has 2 aromatic rings. The molecule has 0 bridgehead atoms. The molecule has 0 unspecified atom stereocenters. The van der Waals surface area contributed by atoms with Crippen molar-refractivity contribution in [1.82, 2.24) is 10.6 Å². The smallest absolute Gasteiger partial charge is 0.263 e. The number of amides is 2. The Morgan fingerprint density at radius 1 is 1.10 bits per heavy atom. The second kappa shape index (κ2) is 9.19. The summed E-state index contributed by atoms with van der Waals surface area (Å²) >= 11 is 8.32. The molecule has 29 heavy (non-hydrogen) atoms. The highest BCUT2D eigenvalue weighted by atomic mass is 79.9. The molecular weight excluding hydrogens is 456 g/mol. The number of benzene rings is 2. The van der Waals surface area contributed by atoms with Gasteiger partial charge in [0.15, 0.2) is 16.6 Å². The number of carbonyl (C=O) groups excluding carboxylic acids is 2. The standard InChI is InChI=1S/C21H19BrN2O4S/c1-3-27-17-10-14(8-15-19(25)23-21(29)24-20(15)26)9-16(22)18(17)28-11-13-6-4-5-12(2)7-13/h4-10H,3,11H2,1-2H3,(H2,23,24,25,26,29). The lowest BCUT2D eigenvalue weighted by Gasteiger charge is -2.17. The Kier molecular flexibility index (Phi) is 6.66. The maximum atomic E-state index is 12.1. The number of nitrogens with one attached hydrogen (secondary N) is 2. The first kappa shape index (κ1) is 21.0. The molecule has 6 nitrogen and oxygen atoms in total. The van der Waals surface area contributed by atoms with Crippen LogP contribution in [0.5, 0.6) is 11.5 Å². The van der Waals surface area contributed by atoms with Crippen LogP contribution in [0.15, 0.2) is 46.4 Å². The Hall–Kier alpha value is -2.71. The number of thiocarbonyl (C=S) groups is 1. The van der Waals surface area contributed by atoms with Gasteiger partial charge in [0.2, 0.25) is 0 Å². The Morgan fingerprint density at radius 2 is 1.83 bits per heavy atom. The molecule has 0 aliphatic carbocycles. The van der Waals surface area contributed by atoms with E-state index in [4.69, 9.17) is 21.7 Å². The van der Waals surface area contributed by atoms with Gasteiger partial charge in [-0.15, -0.1) is 0 Å². The van der Waals surface area contributed by atoms with Gasteiger partial charge in [0.25, 0.3) is 11.8 Å². The van der Waals surface area contributed by atoms with E-state index in [1.54, 1.807) is 12.1 Å². The van der Waals surface area contributed by atoms with Crippen LogP contribution >= 0.6 is 28.1 Å². The van der Waals surface area contributed by atoms with Gasteiger partial charge >= 0.3 is 0 Å². The highest BCUT2D eigenvalue weighted by Gasteiger charge is 2.26. The maximum Gasteiger partial charge on any atom is 0.263 e. The lowest BCUT2D eigenvalue weighted by molar-refractivity contribution is -0.123. The predicted octanol–water partition coefficient (Wildman–Crippen LogP) is 3.65. The van der Waals surface area contributed by atoms with Gasteiger partial charge in [0, 0.05) is 0 Å². The first-order valence-corrected chi connectivity index (χ1v) is 10.1. The number of hydrogen-bond acceptors (Lipinski definition) is 5. The Morgan fingerprint density at radius 3 is 2.48 bits per heavy atom. The van der Waals surface area contributed by atoms with E-state index in [2.05, 4.69) is 32.6 Å². The van der Waals surface area contributed by atoms with Gasteiger partial charge in [-0.1, -0.05) is 29.8 Å². The number of aryl methyl sites for hydroxylation is 1. The quantitative estimate of drug-likeness (QED) is 0.379. The third kappa shape index (κ3) is 5.21. The van der Waals surface area contributed by atoms with Crippen molar-refractivity contribution in [3.63, 3.8) is 0 Å². The van der Waals surface area contributed by atoms with Crippen molar-refractivity contribution < 1.29 is 19.1 Å². The minimum Gasteiger partial charge on any atom is -0.490 e. The SMILES string of the molecule is CCOc1cc(C=C2C(=O)NC(=S)NC2=O)cc(Br)c1OCc1cccc(C)c1. The largest absolute Gasteiger partial charge is 0.490 e. The number of carbonyl (C=O) groups is 2. The molecule has 2 amide bonds. The zero-order valence-electron chi connectivity index (χ0n) is 15.9. The molecule has 2 N–H and O–H groups in total. The number of halogens is 1. The molecule has 0 radical (unpaired) electrons. The Balaban J connectivity index is 1.90. The molecule has 1 saturated heterocycles. The normalized spacial score (nSPS) is 13.6. The highest BCUT2D eigenvalue weighted by Crippen LogP contribution is 2.38. The van der Waals surface area contributed by atoms with Crippen LogP contribution in [0, 0.1) is 6.92 Å². The van der Waals surface area contributed by atoms with Gasteiger partial charge in [-0.3, -0.25) is 20.2 Å². The average molecular weight is 475 g/mol. The lowest BCUT2D eigenvalue weighted by Crippen LogP contribution is -2.51. The summed E-state index contributed by atoms with van der Waals surface area (Å²) in [7, 11) is 0. The third-order valence-corrected chi connectivity index (χ3v) is 4.84. The zero-order valence-corrected chi connectivity index (χ0v) is 18.3. The van der Waals surface area contributed by atoms with Gasteiger partial charge in [-0.05, 0) is 71.3 Å². The summed E-state index contributed by atoms with van der Waals surface area (Å²) in [5.74, 6) is -0.0389. The summed E-state index contributed by atoms with van der Waals surface area (Å²) in [5.41, 5.74) is 2.76. The molecule has 8 heteroatoms. The van der Waals surface area contributed by atoms with Crippen LogP contribution in [0.2, 0.25) is 0 Å². The number of hydrogen-bond donors (Lipinski definition) is 2. The van der Waals surface area contributed by atoms with Crippen molar-refractivity contribution in [2.75, 3.05) is 6.61 Å². The van der Waals surface area contributed by atoms with Crippen LogP contribution in [0.25, 0.3) is 6.08 Å². The van der Waals surface area contributed by atoms with E-state index in [9.17, 15) is 9.59 Å². The molecule has 1 fully saturated rings. The van der Waals surface area contributed by atoms with Gasteiger partial charge in [0.05, 0.1) is 11.1 Å². The van der Waals surface area contributed by atoms with Gasteiger partial charge in [-0.2, -0.15) is 0 Å². The molecular formula is C21H19BrN2O4S. The molecule has 0 saturated carbocycles. The van der Waals surface area contributed by atoms with E-state index in [-0.39, 0.29) is 10.7 Å². The monoisotopic (exact) mass is 474 g/mol. The van der Waals surface area contributed by atoms with Crippen LogP contribution < -0.4 is 20.1 Å². The van der Waals surface area contributed by atoms with Crippen molar-refractivity contribution in [3.8, 4) is 11.5 Å². The van der Waals surface area contributed by atoms with Crippen molar-refractivity contribution >= 4 is 51.2 Å². The molecule has 3 rings (SSSR count). The summed E-state index contributed by atoms with van der Waals surface area (Å²) < 4.78 is 12.4. The van der Waals surface area contributed by atoms with Crippen LogP contribution in [0.4, 0.5) is 0 Å². The predicted molar refractivity (Wildman–Crippen MR) is 118 cm³/mol. The van der Waals surface area contributed by atoms with Crippen molar-refractivity contribution in [2.24, 2.45) is 0 Å². The summed E-state index contributed by atoms with van der Waals surface area (Å²) in [6.07, 6.45) is 1.48. The Labute approximate surface area is 182 Å². The fraction of sp³-hybridized carbons (Fsp3) is 0.190. The fourth-order valence-electron chi connectivity index (χ4n) is 2.80. The minimum atomic E-state index is -0.549. The molecule has 0 spiro atoms. The van der Waals surface area contributed by atoms with E-state index in [1.165, 1.54) is 6.08 Å². The molecule has 0 atom stereocenters. The van der Waals surface area contributed by atoms with E-state index in [1.807, 2.05) is 32.0 Å². The van der Waals surface area contributed by atoms with Gasteiger partial charge < -0.3 is 9.47 Å². The molecule has 2 aromatic carbocycles. The van der Waals surface area contributed by atoms with Gasteiger partial charge in [-0.25, -0.2) is 0 Å². The Bertz CT molecular complexity index is 998. The molecule has 0 aromatic heterocycles. The highest BCUT2D eigenvalue weighted by molar-refractivity contribution is 9.10. The summed E-state index contributed by atoms with van der Waals surface area (Å²) in [6.45, 7) is 4.70. The molecule has 150 valence electrons. The number of ether oxygens (including phenoxy) is 2. The first-order chi connectivity index (χ1) is 13.9. The fourth-order valence-corrected chi connectivity index (χ4v) is 3.56. The molecule has 1 aliphatic heterocycles. The van der Waals surface area contributed by atoms with Crippen LogP contribution in [-0.4, -0.2) is 23.5 Å². The minimum absolute atomic E-state index is 0.00627. The van der Waals surface area contributed by atoms with Crippen molar-refractivity contribution in [3.05, 3.63) is 63.1 Å². The van der Waals surface area contributed by atoms with Crippen molar-refractivity contribution in [2.45, 2.75) is 20.5 Å².